The molecule has 0 spiro atoms. The van der Waals surface area contributed by atoms with Crippen LogP contribution >= 0.6 is 24.0 Å². The maximum atomic E-state index is 13.0. The summed E-state index contributed by atoms with van der Waals surface area (Å²) in [7, 11) is -3.71. The molecular formula is C18H23Cl2N3O4S. The minimum absolute atomic E-state index is 0. The molecule has 1 aromatic carbocycles. The number of nitrogens with zero attached hydrogens (tertiary/aromatic N) is 3. The number of halogens is 2. The standard InChI is InChI=1S/C18H22ClN3O4S.ClH/c1-2-3-7-21-8-6-20-18(21)17(23)15-13-14(4-5-16(15)19)27(24,25)22-9-11-26-12-10-22;/h4-6,8,13H,2-3,7,9-12H2,1H3;1H. The topological polar surface area (TPSA) is 81.5 Å². The summed E-state index contributed by atoms with van der Waals surface area (Å²) in [6.07, 6.45) is 5.20. The molecule has 154 valence electrons. The minimum Gasteiger partial charge on any atom is -0.379 e. The van der Waals surface area contributed by atoms with E-state index in [4.69, 9.17) is 16.3 Å². The van der Waals surface area contributed by atoms with Crippen LogP contribution in [-0.4, -0.2) is 54.4 Å². The summed E-state index contributed by atoms with van der Waals surface area (Å²) in [4.78, 5) is 17.2. The van der Waals surface area contributed by atoms with Gasteiger partial charge in [0.2, 0.25) is 15.8 Å². The molecule has 2 heterocycles. The van der Waals surface area contributed by atoms with Crippen molar-refractivity contribution in [1.29, 1.82) is 0 Å². The summed E-state index contributed by atoms with van der Waals surface area (Å²) in [6.45, 7) is 4.02. The summed E-state index contributed by atoms with van der Waals surface area (Å²) in [5.41, 5.74) is 0.134. The lowest BCUT2D eigenvalue weighted by Crippen LogP contribution is -2.40. The van der Waals surface area contributed by atoms with Crippen LogP contribution in [0.5, 0.6) is 0 Å². The largest absolute Gasteiger partial charge is 0.379 e. The monoisotopic (exact) mass is 447 g/mol. The zero-order chi connectivity index (χ0) is 19.4. The van der Waals surface area contributed by atoms with Gasteiger partial charge < -0.3 is 9.30 Å². The fourth-order valence-electron chi connectivity index (χ4n) is 2.92. The van der Waals surface area contributed by atoms with Gasteiger partial charge in [-0.1, -0.05) is 24.9 Å². The predicted molar refractivity (Wildman–Crippen MR) is 109 cm³/mol. The lowest BCUT2D eigenvalue weighted by Gasteiger charge is -2.26. The van der Waals surface area contributed by atoms with Gasteiger partial charge in [0.05, 0.1) is 23.1 Å². The number of hydrogen-bond acceptors (Lipinski definition) is 5. The van der Waals surface area contributed by atoms with Crippen LogP contribution < -0.4 is 0 Å². The van der Waals surface area contributed by atoms with E-state index in [9.17, 15) is 13.2 Å². The number of ketones is 1. The molecule has 0 N–H and O–H groups in total. The van der Waals surface area contributed by atoms with Crippen molar-refractivity contribution in [3.05, 3.63) is 47.0 Å². The first-order valence-corrected chi connectivity index (χ1v) is 10.7. The highest BCUT2D eigenvalue weighted by atomic mass is 35.5. The predicted octanol–water partition coefficient (Wildman–Crippen LogP) is 3.01. The number of imidazole rings is 1. The van der Waals surface area contributed by atoms with Crippen molar-refractivity contribution in [2.45, 2.75) is 31.2 Å². The van der Waals surface area contributed by atoms with Crippen molar-refractivity contribution in [2.24, 2.45) is 0 Å². The molecule has 1 saturated heterocycles. The van der Waals surface area contributed by atoms with Gasteiger partial charge in [-0.15, -0.1) is 12.4 Å². The summed E-state index contributed by atoms with van der Waals surface area (Å²) in [5.74, 6) is -0.133. The van der Waals surface area contributed by atoms with Gasteiger partial charge in [0.25, 0.3) is 0 Å². The number of carbonyl (C=O) groups is 1. The summed E-state index contributed by atoms with van der Waals surface area (Å²) in [5, 5.41) is 0.200. The summed E-state index contributed by atoms with van der Waals surface area (Å²) < 4.78 is 34.1. The number of sulfonamides is 1. The molecule has 0 unspecified atom stereocenters. The minimum atomic E-state index is -3.71. The van der Waals surface area contributed by atoms with Crippen LogP contribution in [0.15, 0.2) is 35.5 Å². The third-order valence-corrected chi connectivity index (χ3v) is 6.69. The van der Waals surface area contributed by atoms with Crippen molar-refractivity contribution in [1.82, 2.24) is 13.9 Å². The van der Waals surface area contributed by atoms with E-state index < -0.39 is 10.0 Å². The van der Waals surface area contributed by atoms with Crippen LogP contribution in [0.2, 0.25) is 5.02 Å². The van der Waals surface area contributed by atoms with Crippen LogP contribution in [0.4, 0.5) is 0 Å². The van der Waals surface area contributed by atoms with E-state index >= 15 is 0 Å². The Bertz CT molecular complexity index is 925. The molecule has 28 heavy (non-hydrogen) atoms. The first-order chi connectivity index (χ1) is 12.9. The molecule has 1 fully saturated rings. The molecule has 3 rings (SSSR count). The third-order valence-electron chi connectivity index (χ3n) is 4.46. The molecule has 1 aliphatic rings. The second kappa shape index (κ2) is 9.84. The zero-order valence-corrected chi connectivity index (χ0v) is 17.9. The smallest absolute Gasteiger partial charge is 0.243 e. The van der Waals surface area contributed by atoms with Crippen LogP contribution in [0.1, 0.15) is 35.9 Å². The van der Waals surface area contributed by atoms with E-state index in [-0.39, 0.29) is 52.6 Å². The number of hydrogen-bond donors (Lipinski definition) is 0. The van der Waals surface area contributed by atoms with Gasteiger partial charge in [-0.05, 0) is 24.6 Å². The van der Waals surface area contributed by atoms with E-state index in [0.717, 1.165) is 12.8 Å². The maximum Gasteiger partial charge on any atom is 0.243 e. The first-order valence-electron chi connectivity index (χ1n) is 8.88. The Labute approximate surface area is 176 Å². The van der Waals surface area contributed by atoms with Gasteiger partial charge in [-0.3, -0.25) is 4.79 Å². The van der Waals surface area contributed by atoms with Crippen molar-refractivity contribution in [3.8, 4) is 0 Å². The number of unbranched alkanes of at least 4 members (excludes halogenated alkanes) is 1. The van der Waals surface area contributed by atoms with Gasteiger partial charge in [0.15, 0.2) is 5.82 Å². The molecule has 0 saturated carbocycles. The zero-order valence-electron chi connectivity index (χ0n) is 15.5. The van der Waals surface area contributed by atoms with Gasteiger partial charge >= 0.3 is 0 Å². The number of rotatable bonds is 7. The molecule has 0 amide bonds. The van der Waals surface area contributed by atoms with Gasteiger partial charge in [0, 0.05) is 37.6 Å². The molecule has 10 heteroatoms. The number of morpholine rings is 1. The number of ether oxygens (including phenoxy) is 1. The average molecular weight is 448 g/mol. The average Bonchev–Trinajstić information content (AvgIpc) is 3.15. The van der Waals surface area contributed by atoms with Crippen LogP contribution in [-0.2, 0) is 21.3 Å². The van der Waals surface area contributed by atoms with E-state index in [0.29, 0.717) is 19.8 Å². The highest BCUT2D eigenvalue weighted by Crippen LogP contribution is 2.25. The molecule has 7 nitrogen and oxygen atoms in total. The van der Waals surface area contributed by atoms with Crippen LogP contribution in [0.3, 0.4) is 0 Å². The van der Waals surface area contributed by atoms with E-state index in [1.807, 2.05) is 0 Å². The number of carbonyl (C=O) groups excluding carboxylic acids is 1. The highest BCUT2D eigenvalue weighted by Gasteiger charge is 2.28. The first kappa shape index (κ1) is 22.8. The Morgan fingerprint density at radius 3 is 2.68 bits per heavy atom. The van der Waals surface area contributed by atoms with E-state index in [1.54, 1.807) is 17.0 Å². The van der Waals surface area contributed by atoms with E-state index in [1.165, 1.54) is 22.5 Å². The SMILES string of the molecule is CCCCn1ccnc1C(=O)c1cc(S(=O)(=O)N2CCOCC2)ccc1Cl.Cl. The van der Waals surface area contributed by atoms with Crippen molar-refractivity contribution in [2.75, 3.05) is 26.3 Å². The van der Waals surface area contributed by atoms with Gasteiger partial charge in [-0.25, -0.2) is 13.4 Å². The van der Waals surface area contributed by atoms with Crippen LogP contribution in [0.25, 0.3) is 0 Å². The Hall–Kier alpha value is -1.45. The Morgan fingerprint density at radius 1 is 1.29 bits per heavy atom. The molecule has 2 aromatic rings. The molecule has 0 bridgehead atoms. The highest BCUT2D eigenvalue weighted by molar-refractivity contribution is 7.89. The fourth-order valence-corrected chi connectivity index (χ4v) is 4.56. The second-order valence-electron chi connectivity index (χ2n) is 6.29. The molecule has 0 aliphatic carbocycles. The van der Waals surface area contributed by atoms with Gasteiger partial charge in [-0.2, -0.15) is 4.31 Å². The Morgan fingerprint density at radius 2 is 2.00 bits per heavy atom. The molecule has 0 radical (unpaired) electrons. The number of aromatic nitrogens is 2. The molecule has 1 aliphatic heterocycles. The normalized spacial score (nSPS) is 15.2. The Kier molecular flexibility index (Phi) is 8.03. The lowest BCUT2D eigenvalue weighted by molar-refractivity contribution is 0.0730. The number of aryl methyl sites for hydroxylation is 1. The van der Waals surface area contributed by atoms with E-state index in [2.05, 4.69) is 11.9 Å². The van der Waals surface area contributed by atoms with Crippen molar-refractivity contribution < 1.29 is 17.9 Å². The lowest BCUT2D eigenvalue weighted by atomic mass is 10.1. The van der Waals surface area contributed by atoms with Crippen molar-refractivity contribution >= 4 is 39.8 Å². The fraction of sp³-hybridized carbons (Fsp3) is 0.444. The summed E-state index contributed by atoms with van der Waals surface area (Å²) in [6, 6.07) is 4.21. The van der Waals surface area contributed by atoms with Crippen molar-refractivity contribution in [3.63, 3.8) is 0 Å². The summed E-state index contributed by atoms with van der Waals surface area (Å²) >= 11 is 6.21. The Balaban J connectivity index is 0.00000280. The molecular weight excluding hydrogens is 425 g/mol. The maximum absolute atomic E-state index is 13.0. The number of benzene rings is 1. The van der Waals surface area contributed by atoms with Gasteiger partial charge in [0.1, 0.15) is 0 Å². The third kappa shape index (κ3) is 4.75. The molecule has 1 aromatic heterocycles. The second-order valence-corrected chi connectivity index (χ2v) is 8.63. The van der Waals surface area contributed by atoms with Crippen LogP contribution in [0, 0.1) is 0 Å². The molecule has 0 atom stereocenters. The quantitative estimate of drug-likeness (QED) is 0.609.